The third kappa shape index (κ3) is 4.77. The lowest BCUT2D eigenvalue weighted by molar-refractivity contribution is -0.384. The predicted octanol–water partition coefficient (Wildman–Crippen LogP) is 3.51. The molecule has 1 rings (SSSR count). The van der Waals surface area contributed by atoms with Gasteiger partial charge in [-0.15, -0.1) is 0 Å². The van der Waals surface area contributed by atoms with Crippen LogP contribution in [0, 0.1) is 10.1 Å². The standard InChI is InChI=1S/C14H19NO4S/c1-3-12(2)6-4-5-11-20(18,19)14-9-7-13(8-10-14)15(16)17/h6-10H,3-5,11H2,1-2H3/b12-6+. The zero-order valence-corrected chi connectivity index (χ0v) is 12.5. The van der Waals surface area contributed by atoms with Crippen LogP contribution >= 0.6 is 0 Å². The molecule has 0 aliphatic rings. The lowest BCUT2D eigenvalue weighted by Crippen LogP contribution is -2.06. The van der Waals surface area contributed by atoms with E-state index in [1.807, 2.05) is 13.0 Å². The highest BCUT2D eigenvalue weighted by Gasteiger charge is 2.15. The molecule has 0 aliphatic carbocycles. The third-order valence-electron chi connectivity index (χ3n) is 3.07. The van der Waals surface area contributed by atoms with Crippen LogP contribution in [0.25, 0.3) is 0 Å². The molecule has 1 aromatic rings. The molecule has 0 unspecified atom stereocenters. The van der Waals surface area contributed by atoms with Crippen molar-refractivity contribution in [2.24, 2.45) is 0 Å². The Morgan fingerprint density at radius 1 is 1.30 bits per heavy atom. The maximum absolute atomic E-state index is 12.0. The van der Waals surface area contributed by atoms with Crippen molar-refractivity contribution in [2.45, 2.75) is 38.0 Å². The van der Waals surface area contributed by atoms with Crippen LogP contribution < -0.4 is 0 Å². The number of hydrogen-bond donors (Lipinski definition) is 0. The molecule has 0 saturated heterocycles. The molecule has 0 radical (unpaired) electrons. The van der Waals surface area contributed by atoms with Gasteiger partial charge >= 0.3 is 0 Å². The first-order valence-electron chi connectivity index (χ1n) is 6.49. The molecule has 5 nitrogen and oxygen atoms in total. The molecule has 0 fully saturated rings. The predicted molar refractivity (Wildman–Crippen MR) is 78.4 cm³/mol. The minimum atomic E-state index is -3.36. The zero-order chi connectivity index (χ0) is 15.2. The van der Waals surface area contributed by atoms with Crippen LogP contribution in [0.2, 0.25) is 0 Å². The Labute approximate surface area is 119 Å². The number of rotatable bonds is 7. The normalized spacial score (nSPS) is 12.4. The quantitative estimate of drug-likeness (QED) is 0.334. The van der Waals surface area contributed by atoms with E-state index in [-0.39, 0.29) is 16.3 Å². The van der Waals surface area contributed by atoms with Crippen LogP contribution in [0.4, 0.5) is 5.69 Å². The summed E-state index contributed by atoms with van der Waals surface area (Å²) in [5.41, 5.74) is 1.14. The highest BCUT2D eigenvalue weighted by atomic mass is 32.2. The molecule has 0 bridgehead atoms. The second kappa shape index (κ2) is 7.19. The van der Waals surface area contributed by atoms with Gasteiger partial charge in [-0.2, -0.15) is 0 Å². The summed E-state index contributed by atoms with van der Waals surface area (Å²) in [6.45, 7) is 4.07. The summed E-state index contributed by atoms with van der Waals surface area (Å²) in [4.78, 5) is 10.1. The minimum Gasteiger partial charge on any atom is -0.258 e. The van der Waals surface area contributed by atoms with Gasteiger partial charge in [0.2, 0.25) is 0 Å². The largest absolute Gasteiger partial charge is 0.269 e. The summed E-state index contributed by atoms with van der Waals surface area (Å²) in [6.07, 6.45) is 4.29. The second-order valence-electron chi connectivity index (χ2n) is 4.62. The van der Waals surface area contributed by atoms with Crippen molar-refractivity contribution in [3.63, 3.8) is 0 Å². The van der Waals surface area contributed by atoms with Crippen LogP contribution in [0.1, 0.15) is 33.1 Å². The average Bonchev–Trinajstić information content (AvgIpc) is 2.43. The molecule has 0 N–H and O–H groups in total. The number of unbranched alkanes of at least 4 members (excludes halogenated alkanes) is 1. The van der Waals surface area contributed by atoms with Crippen LogP contribution in [0.5, 0.6) is 0 Å². The van der Waals surface area contributed by atoms with Gasteiger partial charge in [0.15, 0.2) is 9.84 Å². The molecule has 20 heavy (non-hydrogen) atoms. The minimum absolute atomic E-state index is 0.0539. The number of sulfone groups is 1. The van der Waals surface area contributed by atoms with E-state index >= 15 is 0 Å². The van der Waals surface area contributed by atoms with Gasteiger partial charge in [0.1, 0.15) is 0 Å². The summed E-state index contributed by atoms with van der Waals surface area (Å²) in [7, 11) is -3.36. The number of benzene rings is 1. The highest BCUT2D eigenvalue weighted by Crippen LogP contribution is 2.18. The fourth-order valence-corrected chi connectivity index (χ4v) is 2.99. The number of nitro groups is 1. The Balaban J connectivity index is 2.67. The zero-order valence-electron chi connectivity index (χ0n) is 11.7. The molecule has 0 spiro atoms. The number of non-ortho nitro benzene ring substituents is 1. The van der Waals surface area contributed by atoms with Crippen LogP contribution in [0.3, 0.4) is 0 Å². The molecule has 0 amide bonds. The van der Waals surface area contributed by atoms with Gasteiger partial charge in [-0.1, -0.05) is 18.6 Å². The first-order chi connectivity index (χ1) is 9.36. The van der Waals surface area contributed by atoms with Crippen LogP contribution in [-0.2, 0) is 9.84 Å². The van der Waals surface area contributed by atoms with Gasteiger partial charge in [0, 0.05) is 12.1 Å². The van der Waals surface area contributed by atoms with Crippen molar-refractivity contribution in [3.8, 4) is 0 Å². The van der Waals surface area contributed by atoms with E-state index in [9.17, 15) is 18.5 Å². The summed E-state index contributed by atoms with van der Waals surface area (Å²) in [5.74, 6) is 0.0539. The van der Waals surface area contributed by atoms with Crippen molar-refractivity contribution < 1.29 is 13.3 Å². The maximum atomic E-state index is 12.0. The van der Waals surface area contributed by atoms with Gasteiger partial charge in [-0.3, -0.25) is 10.1 Å². The fraction of sp³-hybridized carbons (Fsp3) is 0.429. The Hall–Kier alpha value is -1.69. The Kier molecular flexibility index (Phi) is 5.88. The SMILES string of the molecule is CC/C(C)=C/CCCS(=O)(=O)c1ccc([N+](=O)[O-])cc1. The first kappa shape index (κ1) is 16.4. The van der Waals surface area contributed by atoms with E-state index in [2.05, 4.69) is 6.92 Å². The lowest BCUT2D eigenvalue weighted by Gasteiger charge is -2.03. The van der Waals surface area contributed by atoms with Crippen LogP contribution in [-0.4, -0.2) is 19.1 Å². The van der Waals surface area contributed by atoms with E-state index < -0.39 is 14.8 Å². The second-order valence-corrected chi connectivity index (χ2v) is 6.73. The molecule has 0 saturated carbocycles. The van der Waals surface area contributed by atoms with Crippen molar-refractivity contribution in [1.29, 1.82) is 0 Å². The summed E-state index contributed by atoms with van der Waals surface area (Å²) < 4.78 is 24.1. The van der Waals surface area contributed by atoms with E-state index in [1.54, 1.807) is 0 Å². The van der Waals surface area contributed by atoms with E-state index in [4.69, 9.17) is 0 Å². The monoisotopic (exact) mass is 297 g/mol. The number of nitrogens with zero attached hydrogens (tertiary/aromatic N) is 1. The van der Waals surface area contributed by atoms with Crippen molar-refractivity contribution in [1.82, 2.24) is 0 Å². The van der Waals surface area contributed by atoms with Gasteiger partial charge in [0.05, 0.1) is 15.6 Å². The van der Waals surface area contributed by atoms with Crippen molar-refractivity contribution in [3.05, 3.63) is 46.0 Å². The highest BCUT2D eigenvalue weighted by molar-refractivity contribution is 7.91. The molecule has 110 valence electrons. The van der Waals surface area contributed by atoms with Gasteiger partial charge in [-0.05, 0) is 38.3 Å². The molecule has 0 aromatic heterocycles. The number of hydrogen-bond acceptors (Lipinski definition) is 4. The van der Waals surface area contributed by atoms with Crippen LogP contribution in [0.15, 0.2) is 40.8 Å². The molecule has 1 aromatic carbocycles. The van der Waals surface area contributed by atoms with Gasteiger partial charge in [0.25, 0.3) is 5.69 Å². The van der Waals surface area contributed by atoms with Crippen molar-refractivity contribution >= 4 is 15.5 Å². The summed E-state index contributed by atoms with van der Waals surface area (Å²) in [6, 6.07) is 5.02. The Morgan fingerprint density at radius 2 is 1.90 bits per heavy atom. The third-order valence-corrected chi connectivity index (χ3v) is 4.89. The number of nitro benzene ring substituents is 1. The fourth-order valence-electron chi connectivity index (χ4n) is 1.66. The number of allylic oxidation sites excluding steroid dienone is 2. The topological polar surface area (TPSA) is 77.3 Å². The average molecular weight is 297 g/mol. The molecule has 0 heterocycles. The summed E-state index contributed by atoms with van der Waals surface area (Å²) in [5, 5.41) is 10.5. The molecular weight excluding hydrogens is 278 g/mol. The molecular formula is C14H19NO4S. The van der Waals surface area contributed by atoms with E-state index in [0.717, 1.165) is 12.8 Å². The van der Waals surface area contributed by atoms with E-state index in [1.165, 1.54) is 29.8 Å². The maximum Gasteiger partial charge on any atom is 0.269 e. The Morgan fingerprint density at radius 3 is 2.40 bits per heavy atom. The van der Waals surface area contributed by atoms with Crippen molar-refractivity contribution in [2.75, 3.05) is 5.75 Å². The Bertz CT molecular complexity index is 588. The summed E-state index contributed by atoms with van der Waals surface area (Å²) >= 11 is 0. The lowest BCUT2D eigenvalue weighted by atomic mass is 10.2. The smallest absolute Gasteiger partial charge is 0.258 e. The van der Waals surface area contributed by atoms with Gasteiger partial charge < -0.3 is 0 Å². The molecule has 6 heteroatoms. The van der Waals surface area contributed by atoms with E-state index in [0.29, 0.717) is 6.42 Å². The van der Waals surface area contributed by atoms with Gasteiger partial charge in [-0.25, -0.2) is 8.42 Å². The first-order valence-corrected chi connectivity index (χ1v) is 8.15. The molecule has 0 atom stereocenters. The molecule has 0 aliphatic heterocycles.